The van der Waals surface area contributed by atoms with Crippen LogP contribution in [0, 0.1) is 0 Å². The van der Waals surface area contributed by atoms with Crippen molar-refractivity contribution >= 4 is 5.91 Å². The standard InChI is InChI=1S/C9H17FN2O/c1-7(11-6-2-5-10)9(13)12-8-3-4-8/h7-8,11H,2-6H2,1H3,(H,12,13). The molecule has 0 radical (unpaired) electrons. The predicted molar refractivity (Wildman–Crippen MR) is 49.2 cm³/mol. The highest BCUT2D eigenvalue weighted by Crippen LogP contribution is 2.18. The molecule has 3 nitrogen and oxygen atoms in total. The second-order valence-corrected chi connectivity index (χ2v) is 3.50. The quantitative estimate of drug-likeness (QED) is 0.599. The molecule has 1 unspecified atom stereocenters. The van der Waals surface area contributed by atoms with Crippen LogP contribution in [0.4, 0.5) is 4.39 Å². The molecule has 0 aromatic heterocycles. The molecule has 1 saturated carbocycles. The number of nitrogens with one attached hydrogen (secondary N) is 2. The molecule has 0 saturated heterocycles. The van der Waals surface area contributed by atoms with Crippen molar-refractivity contribution < 1.29 is 9.18 Å². The lowest BCUT2D eigenvalue weighted by Gasteiger charge is -2.12. The normalized spacial score (nSPS) is 18.3. The topological polar surface area (TPSA) is 41.1 Å². The zero-order valence-corrected chi connectivity index (χ0v) is 7.98. The lowest BCUT2D eigenvalue weighted by molar-refractivity contribution is -0.122. The van der Waals surface area contributed by atoms with Crippen LogP contribution in [0.25, 0.3) is 0 Å². The average Bonchev–Trinajstić information content (AvgIpc) is 2.88. The van der Waals surface area contributed by atoms with Gasteiger partial charge < -0.3 is 10.6 Å². The fraction of sp³-hybridized carbons (Fsp3) is 0.889. The second kappa shape index (κ2) is 5.17. The molecule has 1 fully saturated rings. The zero-order chi connectivity index (χ0) is 9.68. The van der Waals surface area contributed by atoms with Crippen LogP contribution in [0.2, 0.25) is 0 Å². The van der Waals surface area contributed by atoms with Crippen molar-refractivity contribution in [2.45, 2.75) is 38.3 Å². The van der Waals surface area contributed by atoms with Crippen molar-refractivity contribution in [3.63, 3.8) is 0 Å². The van der Waals surface area contributed by atoms with E-state index in [9.17, 15) is 9.18 Å². The summed E-state index contributed by atoms with van der Waals surface area (Å²) in [6.45, 7) is 2.04. The van der Waals surface area contributed by atoms with E-state index in [1.165, 1.54) is 0 Å². The minimum Gasteiger partial charge on any atom is -0.352 e. The largest absolute Gasteiger partial charge is 0.352 e. The molecule has 0 spiro atoms. The third-order valence-corrected chi connectivity index (χ3v) is 2.08. The summed E-state index contributed by atoms with van der Waals surface area (Å²) in [4.78, 5) is 11.3. The van der Waals surface area contributed by atoms with Gasteiger partial charge in [-0.1, -0.05) is 0 Å². The highest BCUT2D eigenvalue weighted by atomic mass is 19.1. The Labute approximate surface area is 78.1 Å². The van der Waals surface area contributed by atoms with Gasteiger partial charge in [0.05, 0.1) is 12.7 Å². The van der Waals surface area contributed by atoms with E-state index >= 15 is 0 Å². The number of hydrogen-bond donors (Lipinski definition) is 2. The molecule has 1 amide bonds. The summed E-state index contributed by atoms with van der Waals surface area (Å²) in [5, 5.41) is 5.85. The summed E-state index contributed by atoms with van der Waals surface area (Å²) >= 11 is 0. The number of alkyl halides is 1. The van der Waals surface area contributed by atoms with Crippen molar-refractivity contribution in [1.82, 2.24) is 10.6 Å². The molecule has 2 N–H and O–H groups in total. The number of carbonyl (C=O) groups excluding carboxylic acids is 1. The van der Waals surface area contributed by atoms with Crippen LogP contribution in [-0.2, 0) is 4.79 Å². The van der Waals surface area contributed by atoms with Gasteiger partial charge in [-0.15, -0.1) is 0 Å². The first-order valence-electron chi connectivity index (χ1n) is 4.83. The molecule has 76 valence electrons. The summed E-state index contributed by atoms with van der Waals surface area (Å²) in [6, 6.07) is 0.199. The van der Waals surface area contributed by atoms with Crippen molar-refractivity contribution in [3.8, 4) is 0 Å². The molecule has 4 heteroatoms. The van der Waals surface area contributed by atoms with Gasteiger partial charge in [-0.05, 0) is 32.7 Å². The number of halogens is 1. The summed E-state index contributed by atoms with van der Waals surface area (Å²) in [5.74, 6) is 0.0290. The molecule has 0 heterocycles. The lowest BCUT2D eigenvalue weighted by Crippen LogP contribution is -2.43. The first kappa shape index (κ1) is 10.4. The van der Waals surface area contributed by atoms with Crippen molar-refractivity contribution in [2.24, 2.45) is 0 Å². The Morgan fingerprint density at radius 3 is 2.85 bits per heavy atom. The van der Waals surface area contributed by atoms with Crippen LogP contribution in [0.5, 0.6) is 0 Å². The number of hydrogen-bond acceptors (Lipinski definition) is 2. The Morgan fingerprint density at radius 1 is 1.62 bits per heavy atom. The predicted octanol–water partition coefficient (Wildman–Crippen LogP) is 0.603. The molecule has 13 heavy (non-hydrogen) atoms. The molecule has 1 aliphatic carbocycles. The fourth-order valence-electron chi connectivity index (χ4n) is 1.03. The zero-order valence-electron chi connectivity index (χ0n) is 7.98. The lowest BCUT2D eigenvalue weighted by atomic mass is 10.3. The maximum atomic E-state index is 11.7. The summed E-state index contributed by atoms with van der Waals surface area (Å²) in [7, 11) is 0. The average molecular weight is 188 g/mol. The third-order valence-electron chi connectivity index (χ3n) is 2.08. The van der Waals surface area contributed by atoms with Crippen LogP contribution in [0.3, 0.4) is 0 Å². The van der Waals surface area contributed by atoms with Gasteiger partial charge in [0, 0.05) is 6.04 Å². The molecule has 0 aromatic rings. The Morgan fingerprint density at radius 2 is 2.31 bits per heavy atom. The van der Waals surface area contributed by atoms with Crippen LogP contribution < -0.4 is 10.6 Å². The van der Waals surface area contributed by atoms with Crippen LogP contribution in [0.1, 0.15) is 26.2 Å². The van der Waals surface area contributed by atoms with E-state index in [1.54, 1.807) is 6.92 Å². The number of amides is 1. The summed E-state index contributed by atoms with van der Waals surface area (Å²) in [5.41, 5.74) is 0. The fourth-order valence-corrected chi connectivity index (χ4v) is 1.03. The summed E-state index contributed by atoms with van der Waals surface area (Å²) < 4.78 is 11.7. The molecule has 0 bridgehead atoms. The molecular formula is C9H17FN2O. The molecule has 1 rings (SSSR count). The molecule has 1 aliphatic rings. The van der Waals surface area contributed by atoms with Crippen molar-refractivity contribution in [2.75, 3.05) is 13.2 Å². The van der Waals surface area contributed by atoms with Crippen LogP contribution in [0.15, 0.2) is 0 Å². The Hall–Kier alpha value is -0.640. The van der Waals surface area contributed by atoms with E-state index in [-0.39, 0.29) is 18.6 Å². The molecule has 0 aromatic carbocycles. The first-order chi connectivity index (χ1) is 6.24. The minimum absolute atomic E-state index is 0.0290. The summed E-state index contributed by atoms with van der Waals surface area (Å²) in [6.07, 6.45) is 2.67. The van der Waals surface area contributed by atoms with Crippen molar-refractivity contribution in [1.29, 1.82) is 0 Å². The van der Waals surface area contributed by atoms with Gasteiger partial charge in [-0.25, -0.2) is 0 Å². The third kappa shape index (κ3) is 4.22. The van der Waals surface area contributed by atoms with E-state index in [0.717, 1.165) is 12.8 Å². The molecule has 0 aliphatic heterocycles. The first-order valence-corrected chi connectivity index (χ1v) is 4.83. The maximum absolute atomic E-state index is 11.7. The van der Waals surface area contributed by atoms with Gasteiger partial charge in [-0.2, -0.15) is 0 Å². The van der Waals surface area contributed by atoms with E-state index in [0.29, 0.717) is 19.0 Å². The van der Waals surface area contributed by atoms with Gasteiger partial charge in [0.1, 0.15) is 0 Å². The number of rotatable bonds is 6. The highest BCUT2D eigenvalue weighted by Gasteiger charge is 2.25. The maximum Gasteiger partial charge on any atom is 0.237 e. The van der Waals surface area contributed by atoms with E-state index in [1.807, 2.05) is 0 Å². The molecular weight excluding hydrogens is 171 g/mol. The van der Waals surface area contributed by atoms with Crippen LogP contribution in [-0.4, -0.2) is 31.2 Å². The van der Waals surface area contributed by atoms with Gasteiger partial charge >= 0.3 is 0 Å². The van der Waals surface area contributed by atoms with Gasteiger partial charge in [0.2, 0.25) is 5.91 Å². The minimum atomic E-state index is -0.329. The number of carbonyl (C=O) groups is 1. The second-order valence-electron chi connectivity index (χ2n) is 3.50. The van der Waals surface area contributed by atoms with Crippen molar-refractivity contribution in [3.05, 3.63) is 0 Å². The Bertz CT molecular complexity index is 171. The highest BCUT2D eigenvalue weighted by molar-refractivity contribution is 5.81. The molecule has 1 atom stereocenters. The van der Waals surface area contributed by atoms with E-state index < -0.39 is 0 Å². The van der Waals surface area contributed by atoms with E-state index in [4.69, 9.17) is 0 Å². The van der Waals surface area contributed by atoms with Gasteiger partial charge in [-0.3, -0.25) is 9.18 Å². The van der Waals surface area contributed by atoms with E-state index in [2.05, 4.69) is 10.6 Å². The SMILES string of the molecule is CC(NCCCF)C(=O)NC1CC1. The Balaban J connectivity index is 2.05. The van der Waals surface area contributed by atoms with Crippen LogP contribution >= 0.6 is 0 Å². The smallest absolute Gasteiger partial charge is 0.237 e. The Kier molecular flexibility index (Phi) is 4.15. The van der Waals surface area contributed by atoms with Gasteiger partial charge in [0.25, 0.3) is 0 Å². The monoisotopic (exact) mass is 188 g/mol. The van der Waals surface area contributed by atoms with Gasteiger partial charge in [0.15, 0.2) is 0 Å².